The molecule has 6 nitrogen and oxygen atoms in total. The fraction of sp³-hybridized carbons (Fsp3) is 0.273. The molecule has 1 heterocycles. The normalized spacial score (nSPS) is 11.4. The molecule has 0 radical (unpaired) electrons. The van der Waals surface area contributed by atoms with Crippen molar-refractivity contribution in [3.8, 4) is 0 Å². The minimum absolute atomic E-state index is 0.232. The molecule has 29 heavy (non-hydrogen) atoms. The summed E-state index contributed by atoms with van der Waals surface area (Å²) in [7, 11) is 5.37. The molecular formula is C22H27FN6. The van der Waals surface area contributed by atoms with Crippen LogP contribution in [-0.4, -0.2) is 36.9 Å². The number of nitrogens with zero attached hydrogens (tertiary/aromatic N) is 4. The van der Waals surface area contributed by atoms with E-state index in [1.165, 1.54) is 11.1 Å². The Balaban J connectivity index is 1.58. The second-order valence-electron chi connectivity index (χ2n) is 6.93. The van der Waals surface area contributed by atoms with Crippen LogP contribution in [0.25, 0.3) is 0 Å². The Morgan fingerprint density at radius 2 is 1.83 bits per heavy atom. The van der Waals surface area contributed by atoms with Crippen molar-refractivity contribution in [2.24, 2.45) is 4.99 Å². The van der Waals surface area contributed by atoms with E-state index in [1.54, 1.807) is 30.3 Å². The van der Waals surface area contributed by atoms with E-state index >= 15 is 0 Å². The predicted octanol–water partition coefficient (Wildman–Crippen LogP) is 3.00. The topological polar surface area (TPSA) is 57.5 Å². The first-order valence-electron chi connectivity index (χ1n) is 9.51. The molecule has 3 aromatic rings. The van der Waals surface area contributed by atoms with Crippen molar-refractivity contribution in [3.05, 3.63) is 83.4 Å². The zero-order valence-corrected chi connectivity index (χ0v) is 17.1. The number of rotatable bonds is 7. The van der Waals surface area contributed by atoms with Gasteiger partial charge in [0.25, 0.3) is 0 Å². The van der Waals surface area contributed by atoms with Crippen LogP contribution in [0.1, 0.15) is 16.7 Å². The fourth-order valence-electron chi connectivity index (χ4n) is 3.06. The summed E-state index contributed by atoms with van der Waals surface area (Å²) >= 11 is 0. The van der Waals surface area contributed by atoms with E-state index in [0.29, 0.717) is 31.3 Å². The average molecular weight is 394 g/mol. The summed E-state index contributed by atoms with van der Waals surface area (Å²) < 4.78 is 16.1. The van der Waals surface area contributed by atoms with E-state index in [4.69, 9.17) is 0 Å². The molecule has 2 aromatic carbocycles. The summed E-state index contributed by atoms with van der Waals surface area (Å²) in [6, 6.07) is 15.4. The van der Waals surface area contributed by atoms with Crippen LogP contribution >= 0.6 is 0 Å². The largest absolute Gasteiger partial charge is 0.375 e. The lowest BCUT2D eigenvalue weighted by molar-refractivity contribution is 0.623. The number of halogens is 1. The predicted molar refractivity (Wildman–Crippen MR) is 116 cm³/mol. The van der Waals surface area contributed by atoms with E-state index in [-0.39, 0.29) is 5.82 Å². The number of anilines is 1. The van der Waals surface area contributed by atoms with Crippen LogP contribution in [0, 0.1) is 5.82 Å². The Morgan fingerprint density at radius 1 is 1.07 bits per heavy atom. The van der Waals surface area contributed by atoms with Crippen LogP contribution in [0.4, 0.5) is 10.1 Å². The van der Waals surface area contributed by atoms with Gasteiger partial charge in [-0.15, -0.1) is 0 Å². The highest BCUT2D eigenvalue weighted by Crippen LogP contribution is 2.18. The molecule has 2 N–H and O–H groups in total. The smallest absolute Gasteiger partial charge is 0.191 e. The molecule has 0 aliphatic rings. The lowest BCUT2D eigenvalue weighted by atomic mass is 10.1. The maximum Gasteiger partial charge on any atom is 0.191 e. The average Bonchev–Trinajstić information content (AvgIpc) is 3.22. The van der Waals surface area contributed by atoms with Crippen molar-refractivity contribution in [1.82, 2.24) is 20.4 Å². The Labute approximate surface area is 171 Å². The zero-order valence-electron chi connectivity index (χ0n) is 17.1. The molecule has 0 aliphatic heterocycles. The van der Waals surface area contributed by atoms with Gasteiger partial charge in [0.05, 0.1) is 12.2 Å². The Kier molecular flexibility index (Phi) is 6.84. The summed E-state index contributed by atoms with van der Waals surface area (Å²) in [5.74, 6) is 0.431. The molecule has 0 amide bonds. The van der Waals surface area contributed by atoms with Crippen molar-refractivity contribution >= 4 is 11.6 Å². The third kappa shape index (κ3) is 5.57. The van der Waals surface area contributed by atoms with Gasteiger partial charge in [-0.1, -0.05) is 30.3 Å². The third-order valence-electron chi connectivity index (χ3n) is 4.63. The number of hydrogen-bond donors (Lipinski definition) is 2. The van der Waals surface area contributed by atoms with E-state index in [0.717, 1.165) is 5.56 Å². The van der Waals surface area contributed by atoms with Gasteiger partial charge in [0.2, 0.25) is 0 Å². The molecule has 0 spiro atoms. The number of hydrogen-bond acceptors (Lipinski definition) is 3. The van der Waals surface area contributed by atoms with Crippen molar-refractivity contribution in [3.63, 3.8) is 0 Å². The van der Waals surface area contributed by atoms with Crippen molar-refractivity contribution in [2.45, 2.75) is 19.6 Å². The van der Waals surface area contributed by atoms with Gasteiger partial charge in [0.15, 0.2) is 5.96 Å². The monoisotopic (exact) mass is 394 g/mol. The first-order valence-corrected chi connectivity index (χ1v) is 9.51. The first-order chi connectivity index (χ1) is 14.1. The lowest BCUT2D eigenvalue weighted by Gasteiger charge is -2.16. The van der Waals surface area contributed by atoms with E-state index in [2.05, 4.69) is 32.9 Å². The first kappa shape index (κ1) is 20.4. The Morgan fingerprint density at radius 3 is 2.48 bits per heavy atom. The molecule has 0 aliphatic carbocycles. The van der Waals surface area contributed by atoms with Crippen molar-refractivity contribution < 1.29 is 4.39 Å². The third-order valence-corrected chi connectivity index (χ3v) is 4.63. The molecule has 0 unspecified atom stereocenters. The van der Waals surface area contributed by atoms with Gasteiger partial charge in [-0.05, 0) is 34.9 Å². The van der Waals surface area contributed by atoms with Gasteiger partial charge >= 0.3 is 0 Å². The van der Waals surface area contributed by atoms with Crippen LogP contribution in [0.3, 0.4) is 0 Å². The highest BCUT2D eigenvalue weighted by atomic mass is 19.1. The maximum atomic E-state index is 14.2. The van der Waals surface area contributed by atoms with Crippen molar-refractivity contribution in [2.75, 3.05) is 26.0 Å². The summed E-state index contributed by atoms with van der Waals surface area (Å²) in [5, 5.41) is 10.8. The summed E-state index contributed by atoms with van der Waals surface area (Å²) in [5.41, 5.74) is 3.80. The molecule has 0 atom stereocenters. The molecule has 0 fully saturated rings. The Bertz CT molecular complexity index is 950. The van der Waals surface area contributed by atoms with Crippen molar-refractivity contribution in [1.29, 1.82) is 0 Å². The molecule has 152 valence electrons. The Hall–Kier alpha value is -3.35. The van der Waals surface area contributed by atoms with E-state index < -0.39 is 0 Å². The molecule has 7 heteroatoms. The number of aromatic nitrogens is 2. The number of benzene rings is 2. The highest BCUT2D eigenvalue weighted by Gasteiger charge is 2.07. The minimum atomic E-state index is -0.232. The number of aliphatic imine (C=N–C) groups is 1. The lowest BCUT2D eigenvalue weighted by Crippen LogP contribution is -2.36. The van der Waals surface area contributed by atoms with Gasteiger partial charge < -0.3 is 15.5 Å². The summed E-state index contributed by atoms with van der Waals surface area (Å²) in [6.45, 7) is 1.83. The number of guanidine groups is 1. The standard InChI is InChI=1S/C22H27FN6/c1-24-22(25-14-17-9-10-21(28(2)3)20(23)13-17)26-15-18-7-4-5-8-19(18)16-29-12-6-11-27-29/h4-13H,14-16H2,1-3H3,(H2,24,25,26). The highest BCUT2D eigenvalue weighted by molar-refractivity contribution is 5.79. The molecular weight excluding hydrogens is 367 g/mol. The molecule has 1 aromatic heterocycles. The van der Waals surface area contributed by atoms with E-state index in [9.17, 15) is 4.39 Å². The van der Waals surface area contributed by atoms with Gasteiger partial charge in [-0.2, -0.15) is 5.10 Å². The number of nitrogens with one attached hydrogen (secondary N) is 2. The summed E-state index contributed by atoms with van der Waals surface area (Å²) in [6.07, 6.45) is 3.73. The van der Waals surface area contributed by atoms with Gasteiger partial charge in [0.1, 0.15) is 5.82 Å². The quantitative estimate of drug-likeness (QED) is 0.478. The fourth-order valence-corrected chi connectivity index (χ4v) is 3.06. The molecule has 3 rings (SSSR count). The van der Waals surface area contributed by atoms with Crippen LogP contribution in [-0.2, 0) is 19.6 Å². The molecule has 0 saturated heterocycles. The SMILES string of the molecule is CN=C(NCc1ccc(N(C)C)c(F)c1)NCc1ccccc1Cn1cccn1. The van der Waals surface area contributed by atoms with Gasteiger partial charge in [-0.25, -0.2) is 4.39 Å². The van der Waals surface area contributed by atoms with Gasteiger partial charge in [0, 0.05) is 46.6 Å². The van der Waals surface area contributed by atoms with Crippen LogP contribution in [0.2, 0.25) is 0 Å². The van der Waals surface area contributed by atoms with E-state index in [1.807, 2.05) is 49.2 Å². The minimum Gasteiger partial charge on any atom is -0.375 e. The summed E-state index contributed by atoms with van der Waals surface area (Å²) in [4.78, 5) is 6.02. The van der Waals surface area contributed by atoms with Gasteiger partial charge in [-0.3, -0.25) is 9.67 Å². The van der Waals surface area contributed by atoms with Crippen LogP contribution in [0.5, 0.6) is 0 Å². The second-order valence-corrected chi connectivity index (χ2v) is 6.93. The zero-order chi connectivity index (χ0) is 20.6. The molecule has 0 bridgehead atoms. The maximum absolute atomic E-state index is 14.2. The van der Waals surface area contributed by atoms with Crippen LogP contribution < -0.4 is 15.5 Å². The van der Waals surface area contributed by atoms with Crippen LogP contribution in [0.15, 0.2) is 65.9 Å². The molecule has 0 saturated carbocycles. The second kappa shape index (κ2) is 9.73.